The lowest BCUT2D eigenvalue weighted by molar-refractivity contribution is 0.735. The van der Waals surface area contributed by atoms with Crippen LogP contribution in [0, 0.1) is 0 Å². The van der Waals surface area contributed by atoms with Crippen LogP contribution in [0.2, 0.25) is 0 Å². The summed E-state index contributed by atoms with van der Waals surface area (Å²) in [6.45, 7) is 0. The van der Waals surface area contributed by atoms with Gasteiger partial charge in [0.25, 0.3) is 0 Å². The molecule has 13 aromatic rings. The third-order valence-corrected chi connectivity index (χ3v) is 17.1. The van der Waals surface area contributed by atoms with Crippen molar-refractivity contribution in [3.05, 3.63) is 194 Å². The summed E-state index contributed by atoms with van der Waals surface area (Å²) in [7, 11) is 0. The molecule has 0 fully saturated rings. The van der Waals surface area contributed by atoms with E-state index in [1.165, 1.54) is 130 Å². The summed E-state index contributed by atoms with van der Waals surface area (Å²) in [4.78, 5) is 15.6. The number of fused-ring (bicyclic) bond motifs is 15. The molecule has 0 saturated carbocycles. The van der Waals surface area contributed by atoms with Crippen LogP contribution in [0.3, 0.4) is 0 Å². The molecule has 15 rings (SSSR count). The minimum Gasteiger partial charge on any atom is -0.309 e. The van der Waals surface area contributed by atoms with Gasteiger partial charge in [-0.1, -0.05) is 115 Å². The highest BCUT2D eigenvalue weighted by Crippen LogP contribution is 2.45. The van der Waals surface area contributed by atoms with Crippen LogP contribution >= 0.6 is 22.7 Å². The fourth-order valence-electron chi connectivity index (χ4n) is 11.4. The van der Waals surface area contributed by atoms with Crippen LogP contribution in [0.25, 0.3) is 134 Å². The van der Waals surface area contributed by atoms with Crippen LogP contribution in [0.15, 0.2) is 182 Å². The Morgan fingerprint density at radius 2 is 0.971 bits per heavy atom. The van der Waals surface area contributed by atoms with Crippen molar-refractivity contribution in [3.63, 3.8) is 0 Å². The van der Waals surface area contributed by atoms with E-state index in [2.05, 4.69) is 187 Å². The van der Waals surface area contributed by atoms with Crippen molar-refractivity contribution >= 4 is 128 Å². The van der Waals surface area contributed by atoms with Crippen LogP contribution in [0.4, 0.5) is 0 Å². The van der Waals surface area contributed by atoms with E-state index in [1.54, 1.807) is 0 Å². The number of hydrogen-bond acceptors (Lipinski definition) is 5. The fraction of sp³-hybridized carbons (Fsp3) is 0.0952. The number of para-hydroxylation sites is 1. The SMILES string of the molecule is C1=CCCC(c2nc(C3=CCCCC3)nc(-c3ccc4c5ccccc5c5ccc(-n6c7ccccc7c7cc(-c8ccc9sc%10cc%11c(cc%10c9c8)sc8ccccc8%11)ccc76)cc5c4c3)n2)=C1. The first-order valence-electron chi connectivity index (χ1n) is 24.2. The van der Waals surface area contributed by atoms with Crippen LogP contribution in [0.1, 0.15) is 50.2 Å². The molecule has 4 heterocycles. The maximum absolute atomic E-state index is 5.23. The highest BCUT2D eigenvalue weighted by atomic mass is 32.1. The van der Waals surface area contributed by atoms with E-state index in [9.17, 15) is 0 Å². The van der Waals surface area contributed by atoms with E-state index < -0.39 is 0 Å². The summed E-state index contributed by atoms with van der Waals surface area (Å²) in [5, 5.41) is 15.2. The zero-order valence-electron chi connectivity index (χ0n) is 37.7. The average Bonchev–Trinajstić information content (AvgIpc) is 4.08. The number of benzene rings is 9. The van der Waals surface area contributed by atoms with Gasteiger partial charge in [-0.25, -0.2) is 15.0 Å². The Bertz CT molecular complexity index is 4440. The van der Waals surface area contributed by atoms with Crippen molar-refractivity contribution < 1.29 is 0 Å². The van der Waals surface area contributed by atoms with Crippen molar-refractivity contribution in [2.45, 2.75) is 38.5 Å². The van der Waals surface area contributed by atoms with Crippen molar-refractivity contribution in [1.29, 1.82) is 0 Å². The van der Waals surface area contributed by atoms with E-state index in [4.69, 9.17) is 15.0 Å². The van der Waals surface area contributed by atoms with Crippen LogP contribution < -0.4 is 0 Å². The van der Waals surface area contributed by atoms with Gasteiger partial charge < -0.3 is 4.57 Å². The Morgan fingerprint density at radius 3 is 1.75 bits per heavy atom. The van der Waals surface area contributed by atoms with Gasteiger partial charge in [0.05, 0.1) is 11.0 Å². The molecule has 0 N–H and O–H groups in total. The van der Waals surface area contributed by atoms with Crippen molar-refractivity contribution in [3.8, 4) is 28.2 Å². The highest BCUT2D eigenvalue weighted by Gasteiger charge is 2.20. The molecule has 9 aromatic carbocycles. The Morgan fingerprint density at radius 1 is 0.377 bits per heavy atom. The predicted molar refractivity (Wildman–Crippen MR) is 296 cm³/mol. The van der Waals surface area contributed by atoms with E-state index in [1.807, 2.05) is 22.7 Å². The second kappa shape index (κ2) is 15.4. The number of nitrogens with zero attached hydrogens (tertiary/aromatic N) is 4. The summed E-state index contributed by atoms with van der Waals surface area (Å²) in [6, 6.07) is 59.3. The zero-order chi connectivity index (χ0) is 45.2. The van der Waals surface area contributed by atoms with Crippen LogP contribution in [0.5, 0.6) is 0 Å². The quantitative estimate of drug-likeness (QED) is 0.162. The van der Waals surface area contributed by atoms with Gasteiger partial charge in [-0.2, -0.15) is 0 Å². The summed E-state index contributed by atoms with van der Waals surface area (Å²) < 4.78 is 7.82. The van der Waals surface area contributed by atoms with Crippen molar-refractivity contribution in [1.82, 2.24) is 19.5 Å². The average molecular weight is 919 g/mol. The summed E-state index contributed by atoms with van der Waals surface area (Å²) >= 11 is 3.79. The minimum atomic E-state index is 0.731. The van der Waals surface area contributed by atoms with Gasteiger partial charge in [0.15, 0.2) is 17.5 Å². The second-order valence-electron chi connectivity index (χ2n) is 18.8. The Labute approximate surface area is 405 Å². The summed E-state index contributed by atoms with van der Waals surface area (Å²) in [5.74, 6) is 2.34. The molecule has 4 aromatic heterocycles. The maximum Gasteiger partial charge on any atom is 0.164 e. The molecule has 0 spiro atoms. The van der Waals surface area contributed by atoms with E-state index in [-0.39, 0.29) is 0 Å². The van der Waals surface area contributed by atoms with Crippen LogP contribution in [-0.4, -0.2) is 19.5 Å². The lowest BCUT2D eigenvalue weighted by Crippen LogP contribution is -2.07. The zero-order valence-corrected chi connectivity index (χ0v) is 39.3. The summed E-state index contributed by atoms with van der Waals surface area (Å²) in [5.41, 5.74) is 9.38. The molecular weight excluding hydrogens is 877 g/mol. The Hall–Kier alpha value is -7.77. The molecule has 69 heavy (non-hydrogen) atoms. The molecule has 2 aliphatic rings. The monoisotopic (exact) mass is 918 g/mol. The molecular formula is C63H42N4S2. The molecule has 4 nitrogen and oxygen atoms in total. The lowest BCUT2D eigenvalue weighted by Gasteiger charge is -2.16. The summed E-state index contributed by atoms with van der Waals surface area (Å²) in [6.07, 6.45) is 15.3. The standard InChI is InChI=1S/C63H42N4S2/c1-3-13-37(14-4-1)61-64-62(38-15-5-2-6-16-38)66-63(65-61)41-23-27-45-43-17-7-8-18-44(43)46-28-26-42(34-50(46)49(45)33-41)67-55-21-11-9-19-47(55)51-31-39(24-29-56(51)67)40-25-30-58-52(32-40)54-36-59-53(35-60(54)69-58)48-20-10-12-22-57(48)68-59/h1,3,7-13,15,17-36H,2,4-6,14,16H2. The Kier molecular flexibility index (Phi) is 8.75. The molecule has 326 valence electrons. The molecule has 0 radical (unpaired) electrons. The normalized spacial score (nSPS) is 14.4. The van der Waals surface area contributed by atoms with E-state index >= 15 is 0 Å². The molecule has 0 unspecified atom stereocenters. The van der Waals surface area contributed by atoms with Crippen molar-refractivity contribution in [2.24, 2.45) is 0 Å². The van der Waals surface area contributed by atoms with Gasteiger partial charge in [0.2, 0.25) is 0 Å². The fourth-order valence-corrected chi connectivity index (χ4v) is 13.7. The van der Waals surface area contributed by atoms with Crippen molar-refractivity contribution in [2.75, 3.05) is 0 Å². The minimum absolute atomic E-state index is 0.731. The van der Waals surface area contributed by atoms with Gasteiger partial charge in [-0.3, -0.25) is 0 Å². The third kappa shape index (κ3) is 6.22. The molecule has 0 aliphatic heterocycles. The van der Waals surface area contributed by atoms with E-state index in [0.717, 1.165) is 54.4 Å². The van der Waals surface area contributed by atoms with Gasteiger partial charge in [0, 0.05) is 62.4 Å². The third-order valence-electron chi connectivity index (χ3n) is 14.8. The van der Waals surface area contributed by atoms with Gasteiger partial charge in [-0.05, 0) is 160 Å². The first kappa shape index (κ1) is 39.2. The molecule has 2 aliphatic carbocycles. The first-order valence-corrected chi connectivity index (χ1v) is 25.8. The van der Waals surface area contributed by atoms with E-state index in [0.29, 0.717) is 0 Å². The highest BCUT2D eigenvalue weighted by molar-refractivity contribution is 7.27. The first-order chi connectivity index (χ1) is 34.2. The number of rotatable bonds is 5. The van der Waals surface area contributed by atoms with Gasteiger partial charge in [-0.15, -0.1) is 22.7 Å². The van der Waals surface area contributed by atoms with Gasteiger partial charge in [0.1, 0.15) is 0 Å². The van der Waals surface area contributed by atoms with Gasteiger partial charge >= 0.3 is 0 Å². The molecule has 0 saturated heterocycles. The predicted octanol–water partition coefficient (Wildman–Crippen LogP) is 18.2. The number of thiophene rings is 2. The smallest absolute Gasteiger partial charge is 0.164 e. The number of allylic oxidation sites excluding steroid dienone is 6. The Balaban J connectivity index is 0.892. The maximum atomic E-state index is 5.23. The molecule has 0 amide bonds. The largest absolute Gasteiger partial charge is 0.309 e. The lowest BCUT2D eigenvalue weighted by atomic mass is 9.92. The molecule has 0 bridgehead atoms. The van der Waals surface area contributed by atoms with Crippen LogP contribution in [-0.2, 0) is 0 Å². The number of hydrogen-bond donors (Lipinski definition) is 0. The molecule has 6 heteroatoms. The topological polar surface area (TPSA) is 43.6 Å². The second-order valence-corrected chi connectivity index (χ2v) is 21.0. The molecule has 0 atom stereocenters. The number of aromatic nitrogens is 4.